The molecule has 1 amide bonds. The van der Waals surface area contributed by atoms with Crippen molar-refractivity contribution in [3.8, 4) is 5.75 Å². The highest BCUT2D eigenvalue weighted by Gasteiger charge is 2.26. The number of para-hydroxylation sites is 1. The van der Waals surface area contributed by atoms with Crippen molar-refractivity contribution < 1.29 is 9.53 Å². The lowest BCUT2D eigenvalue weighted by atomic mass is 10.1. The van der Waals surface area contributed by atoms with Crippen LogP contribution in [0.5, 0.6) is 5.75 Å². The van der Waals surface area contributed by atoms with Crippen molar-refractivity contribution in [1.82, 2.24) is 19.2 Å². The Morgan fingerprint density at radius 3 is 2.71 bits per heavy atom. The first-order valence-electron chi connectivity index (χ1n) is 9.63. The smallest absolute Gasteiger partial charge is 0.253 e. The van der Waals surface area contributed by atoms with Gasteiger partial charge in [0.05, 0.1) is 11.3 Å². The molecule has 5 rings (SSSR count). The van der Waals surface area contributed by atoms with Crippen molar-refractivity contribution in [1.29, 1.82) is 0 Å². The van der Waals surface area contributed by atoms with E-state index in [4.69, 9.17) is 4.74 Å². The van der Waals surface area contributed by atoms with Gasteiger partial charge >= 0.3 is 0 Å². The highest BCUT2D eigenvalue weighted by atomic mass is 16.5. The third kappa shape index (κ3) is 3.27. The van der Waals surface area contributed by atoms with E-state index in [1.165, 1.54) is 0 Å². The Bertz CT molecular complexity index is 1010. The molecule has 2 aromatic heterocycles. The molecule has 1 saturated heterocycles. The molecule has 2 aliphatic rings. The Balaban J connectivity index is 1.21. The lowest BCUT2D eigenvalue weighted by Gasteiger charge is -2.35. The maximum atomic E-state index is 12.9. The Hall–Kier alpha value is -3.12. The van der Waals surface area contributed by atoms with Gasteiger partial charge in [-0.15, -0.1) is 0 Å². The fourth-order valence-electron chi connectivity index (χ4n) is 3.84. The minimum absolute atomic E-state index is 0.0851. The molecule has 28 heavy (non-hydrogen) atoms. The predicted molar refractivity (Wildman–Crippen MR) is 107 cm³/mol. The van der Waals surface area contributed by atoms with Crippen LogP contribution in [0, 0.1) is 0 Å². The summed E-state index contributed by atoms with van der Waals surface area (Å²) in [5.41, 5.74) is 3.73. The summed E-state index contributed by atoms with van der Waals surface area (Å²) in [7, 11) is 0. The number of hydrogen-bond donors (Lipinski definition) is 0. The fourth-order valence-corrected chi connectivity index (χ4v) is 3.84. The molecular weight excluding hydrogens is 352 g/mol. The summed E-state index contributed by atoms with van der Waals surface area (Å²) in [5.74, 6) is 0.929. The summed E-state index contributed by atoms with van der Waals surface area (Å²) in [4.78, 5) is 21.8. The third-order valence-electron chi connectivity index (χ3n) is 5.37. The Morgan fingerprint density at radius 1 is 1.04 bits per heavy atom. The van der Waals surface area contributed by atoms with Crippen molar-refractivity contribution >= 4 is 17.6 Å². The summed E-state index contributed by atoms with van der Waals surface area (Å²) in [5, 5.41) is 0. The van der Waals surface area contributed by atoms with Crippen LogP contribution in [0.15, 0.2) is 60.4 Å². The standard InChI is InChI=1S/C22H22N4O2/c27-22(18-13-17-5-1-2-6-20(17)28-16-18)25-11-9-24(10-12-25)14-19-15-26-8-4-3-7-21(26)23-19/h1-8,13,15H,9-12,14,16H2. The van der Waals surface area contributed by atoms with Crippen molar-refractivity contribution in [3.63, 3.8) is 0 Å². The quantitative estimate of drug-likeness (QED) is 0.707. The number of amides is 1. The average molecular weight is 374 g/mol. The number of carbonyl (C=O) groups excluding carboxylic acids is 1. The van der Waals surface area contributed by atoms with Gasteiger partial charge in [0, 0.05) is 50.7 Å². The van der Waals surface area contributed by atoms with Crippen LogP contribution in [0.4, 0.5) is 0 Å². The van der Waals surface area contributed by atoms with Gasteiger partial charge in [0.2, 0.25) is 0 Å². The number of rotatable bonds is 3. The van der Waals surface area contributed by atoms with Crippen molar-refractivity contribution in [2.24, 2.45) is 0 Å². The number of imidazole rings is 1. The number of nitrogens with zero attached hydrogens (tertiary/aromatic N) is 4. The Morgan fingerprint density at radius 2 is 1.86 bits per heavy atom. The second kappa shape index (κ2) is 7.13. The van der Waals surface area contributed by atoms with Crippen LogP contribution in [0.1, 0.15) is 11.3 Å². The lowest BCUT2D eigenvalue weighted by molar-refractivity contribution is -0.129. The number of ether oxygens (including phenoxy) is 1. The first-order chi connectivity index (χ1) is 13.8. The topological polar surface area (TPSA) is 50.1 Å². The van der Waals surface area contributed by atoms with Gasteiger partial charge in [-0.05, 0) is 24.3 Å². The Kier molecular flexibility index (Phi) is 4.33. The van der Waals surface area contributed by atoms with E-state index in [1.807, 2.05) is 64.0 Å². The van der Waals surface area contributed by atoms with Gasteiger partial charge in [-0.1, -0.05) is 24.3 Å². The van der Waals surface area contributed by atoms with E-state index in [1.54, 1.807) is 0 Å². The molecule has 0 N–H and O–H groups in total. The van der Waals surface area contributed by atoms with Crippen LogP contribution in [0.2, 0.25) is 0 Å². The molecule has 6 nitrogen and oxygen atoms in total. The number of piperazine rings is 1. The molecule has 0 radical (unpaired) electrons. The average Bonchev–Trinajstić information content (AvgIpc) is 3.16. The van der Waals surface area contributed by atoms with Crippen LogP contribution >= 0.6 is 0 Å². The van der Waals surface area contributed by atoms with Gasteiger partial charge in [-0.2, -0.15) is 0 Å². The van der Waals surface area contributed by atoms with Crippen LogP contribution < -0.4 is 4.74 Å². The molecule has 0 saturated carbocycles. The molecule has 0 bridgehead atoms. The van der Waals surface area contributed by atoms with Crippen LogP contribution in [-0.2, 0) is 11.3 Å². The number of hydrogen-bond acceptors (Lipinski definition) is 4. The molecule has 0 spiro atoms. The molecule has 6 heteroatoms. The summed E-state index contributed by atoms with van der Waals surface area (Å²) >= 11 is 0. The van der Waals surface area contributed by atoms with E-state index >= 15 is 0 Å². The molecule has 1 aromatic carbocycles. The molecule has 3 aromatic rings. The zero-order valence-electron chi connectivity index (χ0n) is 15.6. The van der Waals surface area contributed by atoms with Gasteiger partial charge in [0.15, 0.2) is 0 Å². The first-order valence-corrected chi connectivity index (χ1v) is 9.63. The molecule has 4 heterocycles. The van der Waals surface area contributed by atoms with Crippen LogP contribution in [0.3, 0.4) is 0 Å². The molecule has 0 aliphatic carbocycles. The monoisotopic (exact) mass is 374 g/mol. The maximum Gasteiger partial charge on any atom is 0.253 e. The first kappa shape index (κ1) is 17.0. The zero-order valence-corrected chi connectivity index (χ0v) is 15.6. The van der Waals surface area contributed by atoms with E-state index in [0.717, 1.165) is 61.0 Å². The van der Waals surface area contributed by atoms with Gasteiger partial charge in [0.25, 0.3) is 5.91 Å². The van der Waals surface area contributed by atoms with Gasteiger partial charge in [0.1, 0.15) is 18.0 Å². The summed E-state index contributed by atoms with van der Waals surface area (Å²) < 4.78 is 7.78. The third-order valence-corrected chi connectivity index (χ3v) is 5.37. The van der Waals surface area contributed by atoms with Gasteiger partial charge < -0.3 is 14.0 Å². The van der Waals surface area contributed by atoms with Crippen molar-refractivity contribution in [3.05, 3.63) is 71.7 Å². The molecule has 2 aliphatic heterocycles. The van der Waals surface area contributed by atoms with E-state index < -0.39 is 0 Å². The molecule has 142 valence electrons. The van der Waals surface area contributed by atoms with Crippen LogP contribution in [-0.4, -0.2) is 57.9 Å². The number of fused-ring (bicyclic) bond motifs is 2. The lowest BCUT2D eigenvalue weighted by Crippen LogP contribution is -2.49. The molecule has 0 unspecified atom stereocenters. The number of aromatic nitrogens is 2. The number of carbonyl (C=O) groups is 1. The highest BCUT2D eigenvalue weighted by molar-refractivity contribution is 5.99. The Labute approximate surface area is 163 Å². The van der Waals surface area contributed by atoms with E-state index in [-0.39, 0.29) is 5.91 Å². The van der Waals surface area contributed by atoms with E-state index in [2.05, 4.69) is 16.1 Å². The molecule has 1 fully saturated rings. The summed E-state index contributed by atoms with van der Waals surface area (Å²) in [6.45, 7) is 4.31. The van der Waals surface area contributed by atoms with E-state index in [0.29, 0.717) is 6.61 Å². The summed E-state index contributed by atoms with van der Waals surface area (Å²) in [6, 6.07) is 13.8. The molecular formula is C22H22N4O2. The van der Waals surface area contributed by atoms with Gasteiger partial charge in [-0.3, -0.25) is 9.69 Å². The SMILES string of the molecule is O=C(C1=Cc2ccccc2OC1)N1CCN(Cc2cn3ccccc3n2)CC1. The minimum Gasteiger partial charge on any atom is -0.488 e. The largest absolute Gasteiger partial charge is 0.488 e. The second-order valence-corrected chi connectivity index (χ2v) is 7.26. The maximum absolute atomic E-state index is 12.9. The summed E-state index contributed by atoms with van der Waals surface area (Å²) in [6.07, 6.45) is 6.05. The second-order valence-electron chi connectivity index (χ2n) is 7.26. The van der Waals surface area contributed by atoms with Gasteiger partial charge in [-0.25, -0.2) is 4.98 Å². The van der Waals surface area contributed by atoms with E-state index in [9.17, 15) is 4.79 Å². The highest BCUT2D eigenvalue weighted by Crippen LogP contribution is 2.26. The normalized spacial score (nSPS) is 17.1. The minimum atomic E-state index is 0.0851. The molecule has 0 atom stereocenters. The fraction of sp³-hybridized carbons (Fsp3) is 0.273. The zero-order chi connectivity index (χ0) is 18.9. The van der Waals surface area contributed by atoms with Crippen molar-refractivity contribution in [2.75, 3.05) is 32.8 Å². The number of benzene rings is 1. The van der Waals surface area contributed by atoms with Crippen molar-refractivity contribution in [2.45, 2.75) is 6.54 Å². The predicted octanol–water partition coefficient (Wildman–Crippen LogP) is 2.45. The van der Waals surface area contributed by atoms with Crippen LogP contribution in [0.25, 0.3) is 11.7 Å². The number of pyridine rings is 1.